The molecule has 2 atom stereocenters. The Morgan fingerprint density at radius 1 is 1.45 bits per heavy atom. The molecular weight excluding hydrogens is 252 g/mol. The third kappa shape index (κ3) is 3.14. The molecule has 0 radical (unpaired) electrons. The van der Waals surface area contributed by atoms with E-state index < -0.39 is 11.4 Å². The average molecular weight is 280 g/mol. The summed E-state index contributed by atoms with van der Waals surface area (Å²) in [6, 6.07) is 0. The highest BCUT2D eigenvalue weighted by molar-refractivity contribution is 5.80. The van der Waals surface area contributed by atoms with Crippen molar-refractivity contribution in [3.8, 4) is 0 Å². The predicted molar refractivity (Wildman–Crippen MR) is 81.6 cm³/mol. The van der Waals surface area contributed by atoms with E-state index in [1.165, 1.54) is 5.57 Å². The number of rotatable bonds is 6. The van der Waals surface area contributed by atoms with E-state index in [9.17, 15) is 9.90 Å². The first-order chi connectivity index (χ1) is 9.29. The number of hydrogen-bond acceptors (Lipinski definition) is 2. The molecule has 2 unspecified atom stereocenters. The van der Waals surface area contributed by atoms with E-state index in [1.54, 1.807) is 7.11 Å². The summed E-state index contributed by atoms with van der Waals surface area (Å²) in [4.78, 5) is 12.0. The van der Waals surface area contributed by atoms with Crippen LogP contribution >= 0.6 is 0 Å². The van der Waals surface area contributed by atoms with Crippen LogP contribution in [0.15, 0.2) is 23.8 Å². The van der Waals surface area contributed by atoms with Crippen molar-refractivity contribution in [2.45, 2.75) is 47.0 Å². The molecule has 114 valence electrons. The Morgan fingerprint density at radius 3 is 2.55 bits per heavy atom. The van der Waals surface area contributed by atoms with Crippen molar-refractivity contribution in [2.24, 2.45) is 16.7 Å². The summed E-state index contributed by atoms with van der Waals surface area (Å²) in [7, 11) is 1.66. The van der Waals surface area contributed by atoms with Crippen LogP contribution in [0.5, 0.6) is 0 Å². The van der Waals surface area contributed by atoms with Crippen LogP contribution in [0.2, 0.25) is 0 Å². The summed E-state index contributed by atoms with van der Waals surface area (Å²) in [6.07, 6.45) is 8.88. The lowest BCUT2D eigenvalue weighted by atomic mass is 9.57. The second-order valence-corrected chi connectivity index (χ2v) is 6.64. The zero-order valence-corrected chi connectivity index (χ0v) is 13.4. The minimum atomic E-state index is -0.858. The number of carboxylic acids is 1. The molecule has 0 aromatic carbocycles. The lowest BCUT2D eigenvalue weighted by Crippen LogP contribution is -2.48. The van der Waals surface area contributed by atoms with Gasteiger partial charge in [0.15, 0.2) is 0 Å². The van der Waals surface area contributed by atoms with E-state index in [1.807, 2.05) is 32.9 Å². The molecule has 1 aliphatic carbocycles. The van der Waals surface area contributed by atoms with Crippen molar-refractivity contribution in [1.29, 1.82) is 0 Å². The molecule has 1 rings (SSSR count). The van der Waals surface area contributed by atoms with Crippen molar-refractivity contribution in [3.05, 3.63) is 23.8 Å². The number of carboxylic acid groups (broad SMARTS) is 1. The van der Waals surface area contributed by atoms with Gasteiger partial charge in [-0.3, -0.25) is 4.79 Å². The number of allylic oxidation sites excluding steroid dienone is 3. The minimum absolute atomic E-state index is 0.0218. The lowest BCUT2D eigenvalue weighted by Gasteiger charge is -2.45. The molecule has 0 aromatic rings. The molecule has 0 amide bonds. The van der Waals surface area contributed by atoms with Gasteiger partial charge in [-0.15, -0.1) is 0 Å². The van der Waals surface area contributed by atoms with E-state index in [-0.39, 0.29) is 11.3 Å². The Hall–Kier alpha value is -1.09. The maximum absolute atomic E-state index is 12.0. The Labute approximate surface area is 122 Å². The van der Waals surface area contributed by atoms with E-state index >= 15 is 0 Å². The van der Waals surface area contributed by atoms with Crippen LogP contribution in [0.1, 0.15) is 47.0 Å². The second kappa shape index (κ2) is 6.57. The van der Waals surface area contributed by atoms with Crippen LogP contribution in [-0.4, -0.2) is 24.8 Å². The maximum Gasteiger partial charge on any atom is 0.314 e. The SMILES string of the molecule is CCCC1=CC(CCOC)C(C(=O)O)(C(C)(C)C)C=C1. The third-order valence-corrected chi connectivity index (χ3v) is 4.33. The average Bonchev–Trinajstić information content (AvgIpc) is 2.35. The largest absolute Gasteiger partial charge is 0.481 e. The minimum Gasteiger partial charge on any atom is -0.481 e. The van der Waals surface area contributed by atoms with Gasteiger partial charge in [0, 0.05) is 13.7 Å². The van der Waals surface area contributed by atoms with Crippen molar-refractivity contribution < 1.29 is 14.6 Å². The van der Waals surface area contributed by atoms with E-state index in [0.717, 1.165) is 19.3 Å². The first-order valence-corrected chi connectivity index (χ1v) is 7.41. The second-order valence-electron chi connectivity index (χ2n) is 6.64. The Morgan fingerprint density at radius 2 is 2.10 bits per heavy atom. The van der Waals surface area contributed by atoms with Crippen LogP contribution in [0.4, 0.5) is 0 Å². The molecule has 20 heavy (non-hydrogen) atoms. The summed E-state index contributed by atoms with van der Waals surface area (Å²) >= 11 is 0. The molecule has 3 nitrogen and oxygen atoms in total. The highest BCUT2D eigenvalue weighted by atomic mass is 16.5. The Kier molecular flexibility index (Phi) is 5.58. The summed E-state index contributed by atoms with van der Waals surface area (Å²) in [5.74, 6) is -0.763. The number of aliphatic carboxylic acids is 1. The molecule has 0 heterocycles. The van der Waals surface area contributed by atoms with E-state index in [2.05, 4.69) is 13.0 Å². The van der Waals surface area contributed by atoms with Crippen LogP contribution in [0.25, 0.3) is 0 Å². The Bertz CT molecular complexity index is 401. The Balaban J connectivity index is 3.21. The van der Waals surface area contributed by atoms with Crippen molar-refractivity contribution >= 4 is 5.97 Å². The summed E-state index contributed by atoms with van der Waals surface area (Å²) in [5.41, 5.74) is 0.0415. The fraction of sp³-hybridized carbons (Fsp3) is 0.706. The highest BCUT2D eigenvalue weighted by Gasteiger charge is 2.52. The molecule has 0 aromatic heterocycles. The molecule has 0 saturated carbocycles. The van der Waals surface area contributed by atoms with Gasteiger partial charge in [0.05, 0.1) is 5.41 Å². The van der Waals surface area contributed by atoms with Gasteiger partial charge in [-0.2, -0.15) is 0 Å². The fourth-order valence-corrected chi connectivity index (χ4v) is 3.18. The quantitative estimate of drug-likeness (QED) is 0.798. The lowest BCUT2D eigenvalue weighted by molar-refractivity contribution is -0.155. The molecule has 0 spiro atoms. The van der Waals surface area contributed by atoms with Gasteiger partial charge in [-0.05, 0) is 24.2 Å². The standard InChI is InChI=1S/C17H28O3/c1-6-7-13-8-10-17(15(18)19,16(2,3)4)14(12-13)9-11-20-5/h8,10,12,14H,6-7,9,11H2,1-5H3,(H,18,19). The number of ether oxygens (including phenoxy) is 1. The van der Waals surface area contributed by atoms with Crippen molar-refractivity contribution in [3.63, 3.8) is 0 Å². The zero-order valence-electron chi connectivity index (χ0n) is 13.4. The van der Waals surface area contributed by atoms with Crippen LogP contribution in [0.3, 0.4) is 0 Å². The van der Waals surface area contributed by atoms with Gasteiger partial charge in [0.25, 0.3) is 0 Å². The van der Waals surface area contributed by atoms with E-state index in [4.69, 9.17) is 4.74 Å². The first kappa shape index (κ1) is 17.0. The molecule has 1 N–H and O–H groups in total. The molecule has 1 aliphatic rings. The summed E-state index contributed by atoms with van der Waals surface area (Å²) < 4.78 is 5.18. The maximum atomic E-state index is 12.0. The first-order valence-electron chi connectivity index (χ1n) is 7.41. The van der Waals surface area contributed by atoms with Crippen LogP contribution < -0.4 is 0 Å². The van der Waals surface area contributed by atoms with Gasteiger partial charge in [-0.25, -0.2) is 0 Å². The van der Waals surface area contributed by atoms with Crippen molar-refractivity contribution in [2.75, 3.05) is 13.7 Å². The van der Waals surface area contributed by atoms with Gasteiger partial charge >= 0.3 is 5.97 Å². The molecule has 0 bridgehead atoms. The van der Waals surface area contributed by atoms with Crippen LogP contribution in [-0.2, 0) is 9.53 Å². The van der Waals surface area contributed by atoms with Crippen molar-refractivity contribution in [1.82, 2.24) is 0 Å². The van der Waals surface area contributed by atoms with Gasteiger partial charge in [-0.1, -0.05) is 57.9 Å². The van der Waals surface area contributed by atoms with E-state index in [0.29, 0.717) is 6.61 Å². The van der Waals surface area contributed by atoms with Gasteiger partial charge in [0.1, 0.15) is 0 Å². The molecule has 0 aliphatic heterocycles. The topological polar surface area (TPSA) is 46.5 Å². The predicted octanol–water partition coefficient (Wildman–Crippen LogP) is 4.05. The van der Waals surface area contributed by atoms with Gasteiger partial charge in [0.2, 0.25) is 0 Å². The zero-order chi connectivity index (χ0) is 15.4. The smallest absolute Gasteiger partial charge is 0.314 e. The molecular formula is C17H28O3. The molecule has 0 fully saturated rings. The van der Waals surface area contributed by atoms with Gasteiger partial charge < -0.3 is 9.84 Å². The third-order valence-electron chi connectivity index (χ3n) is 4.33. The fourth-order valence-electron chi connectivity index (χ4n) is 3.18. The number of methoxy groups -OCH3 is 1. The summed E-state index contributed by atoms with van der Waals surface area (Å²) in [5, 5.41) is 9.89. The normalized spacial score (nSPS) is 26.4. The highest BCUT2D eigenvalue weighted by Crippen LogP contribution is 2.50. The molecule has 3 heteroatoms. The number of hydrogen-bond donors (Lipinski definition) is 1. The van der Waals surface area contributed by atoms with Crippen LogP contribution in [0, 0.1) is 16.7 Å². The monoisotopic (exact) mass is 280 g/mol. The number of carbonyl (C=O) groups is 1. The summed E-state index contributed by atoms with van der Waals surface area (Å²) in [6.45, 7) is 8.74. The molecule has 0 saturated heterocycles.